The molecule has 1 aromatic rings. The fourth-order valence-corrected chi connectivity index (χ4v) is 3.37. The number of likely N-dealkylation sites (tertiary alicyclic amines) is 1. The number of nitrogens with one attached hydrogen (secondary N) is 1. The summed E-state index contributed by atoms with van der Waals surface area (Å²) in [4.78, 5) is 24.7. The summed E-state index contributed by atoms with van der Waals surface area (Å²) in [5, 5.41) is 14.3. The second kappa shape index (κ2) is 6.24. The molecule has 0 radical (unpaired) electrons. The van der Waals surface area contributed by atoms with Crippen LogP contribution in [-0.4, -0.2) is 35.4 Å². The van der Waals surface area contributed by atoms with E-state index >= 15 is 0 Å². The number of halogens is 1. The second-order valence-corrected chi connectivity index (χ2v) is 6.84. The van der Waals surface area contributed by atoms with Crippen molar-refractivity contribution in [1.82, 2.24) is 4.90 Å². The average molecular weight is 368 g/mol. The van der Waals surface area contributed by atoms with Crippen molar-refractivity contribution in [3.05, 3.63) is 32.8 Å². The molecular formula is C15H18BrN3O3. The van der Waals surface area contributed by atoms with Crippen LogP contribution >= 0.6 is 15.9 Å². The van der Waals surface area contributed by atoms with Crippen molar-refractivity contribution < 1.29 is 9.72 Å². The van der Waals surface area contributed by atoms with E-state index in [1.165, 1.54) is 6.07 Å². The van der Waals surface area contributed by atoms with E-state index in [0.29, 0.717) is 22.6 Å². The van der Waals surface area contributed by atoms with Crippen LogP contribution in [0.1, 0.15) is 19.3 Å². The maximum absolute atomic E-state index is 12.0. The third kappa shape index (κ3) is 3.24. The van der Waals surface area contributed by atoms with Gasteiger partial charge in [-0.25, -0.2) is 0 Å². The normalized spacial score (nSPS) is 21.0. The number of rotatable bonds is 5. The first-order valence-corrected chi connectivity index (χ1v) is 8.31. The first-order chi connectivity index (χ1) is 10.6. The predicted molar refractivity (Wildman–Crippen MR) is 86.7 cm³/mol. The summed E-state index contributed by atoms with van der Waals surface area (Å²) in [6.07, 6.45) is 3.01. The van der Waals surface area contributed by atoms with E-state index in [0.717, 1.165) is 32.4 Å². The molecule has 0 aromatic heterocycles. The van der Waals surface area contributed by atoms with Gasteiger partial charge >= 0.3 is 0 Å². The quantitative estimate of drug-likeness (QED) is 0.640. The fraction of sp³-hybridized carbons (Fsp3) is 0.533. The number of nitro benzene ring substituents is 1. The molecule has 2 aliphatic rings. The van der Waals surface area contributed by atoms with Gasteiger partial charge in [0.25, 0.3) is 5.69 Å². The average Bonchev–Trinajstić information content (AvgIpc) is 3.23. The van der Waals surface area contributed by atoms with E-state index in [1.54, 1.807) is 12.1 Å². The van der Waals surface area contributed by atoms with Crippen molar-refractivity contribution in [2.75, 3.05) is 25.0 Å². The zero-order valence-corrected chi connectivity index (χ0v) is 13.7. The molecule has 6 nitrogen and oxygen atoms in total. The number of nitrogens with zero attached hydrogens (tertiary/aromatic N) is 2. The third-order valence-electron chi connectivity index (χ3n) is 4.28. The van der Waals surface area contributed by atoms with E-state index in [1.807, 2.05) is 4.90 Å². The Morgan fingerprint density at radius 2 is 2.18 bits per heavy atom. The Kier molecular flexibility index (Phi) is 4.33. The van der Waals surface area contributed by atoms with E-state index in [-0.39, 0.29) is 22.4 Å². The molecule has 3 rings (SSSR count). The Hall–Kier alpha value is -1.63. The van der Waals surface area contributed by atoms with Crippen molar-refractivity contribution in [2.45, 2.75) is 19.3 Å². The molecule has 1 atom stereocenters. The van der Waals surface area contributed by atoms with Gasteiger partial charge in [0.05, 0.1) is 4.92 Å². The van der Waals surface area contributed by atoms with Gasteiger partial charge in [-0.1, -0.05) is 6.07 Å². The molecule has 2 fully saturated rings. The standard InChI is InChI=1S/C15H18BrN3O3/c16-12-2-1-3-13(19(21)22)14(12)17-8-10-6-7-18(9-10)15(20)11-4-5-11/h1-3,10-11,17H,4-9H2/t10-/m0/s1. The van der Waals surface area contributed by atoms with Crippen molar-refractivity contribution in [2.24, 2.45) is 11.8 Å². The Balaban J connectivity index is 1.59. The Morgan fingerprint density at radius 1 is 1.41 bits per heavy atom. The minimum atomic E-state index is -0.384. The van der Waals surface area contributed by atoms with Gasteiger partial charge in [-0.05, 0) is 47.2 Å². The lowest BCUT2D eigenvalue weighted by molar-refractivity contribution is -0.384. The summed E-state index contributed by atoms with van der Waals surface area (Å²) >= 11 is 3.36. The number of amides is 1. The minimum absolute atomic E-state index is 0.0679. The van der Waals surface area contributed by atoms with E-state index in [2.05, 4.69) is 21.2 Å². The molecule has 22 heavy (non-hydrogen) atoms. The molecule has 1 N–H and O–H groups in total. The molecule has 1 aromatic carbocycles. The highest BCUT2D eigenvalue weighted by atomic mass is 79.9. The fourth-order valence-electron chi connectivity index (χ4n) is 2.87. The smallest absolute Gasteiger partial charge is 0.293 e. The molecule has 1 aliphatic heterocycles. The van der Waals surface area contributed by atoms with Crippen LogP contribution in [0, 0.1) is 22.0 Å². The van der Waals surface area contributed by atoms with Crippen molar-refractivity contribution in [3.8, 4) is 0 Å². The molecular weight excluding hydrogens is 350 g/mol. The highest BCUT2D eigenvalue weighted by molar-refractivity contribution is 9.10. The van der Waals surface area contributed by atoms with Crippen LogP contribution in [0.2, 0.25) is 0 Å². The second-order valence-electron chi connectivity index (χ2n) is 5.99. The van der Waals surface area contributed by atoms with Gasteiger partial charge < -0.3 is 10.2 Å². The maximum atomic E-state index is 12.0. The van der Waals surface area contributed by atoms with Crippen LogP contribution in [0.3, 0.4) is 0 Å². The topological polar surface area (TPSA) is 75.5 Å². The summed E-state index contributed by atoms with van der Waals surface area (Å²) in [6.45, 7) is 2.19. The molecule has 1 heterocycles. The molecule has 0 bridgehead atoms. The summed E-state index contributed by atoms with van der Waals surface area (Å²) in [6, 6.07) is 4.93. The number of para-hydroxylation sites is 1. The number of carbonyl (C=O) groups excluding carboxylic acids is 1. The molecule has 118 valence electrons. The predicted octanol–water partition coefficient (Wildman–Crippen LogP) is 3.03. The zero-order valence-electron chi connectivity index (χ0n) is 12.1. The van der Waals surface area contributed by atoms with Gasteiger partial charge in [0, 0.05) is 36.1 Å². The largest absolute Gasteiger partial charge is 0.378 e. The van der Waals surface area contributed by atoms with Crippen LogP contribution in [-0.2, 0) is 4.79 Å². The van der Waals surface area contributed by atoms with Crippen LogP contribution in [0.25, 0.3) is 0 Å². The lowest BCUT2D eigenvalue weighted by atomic mass is 10.1. The first-order valence-electron chi connectivity index (χ1n) is 7.52. The molecule has 7 heteroatoms. The SMILES string of the molecule is O=C(C1CC1)N1CC[C@@H](CNc2c(Br)cccc2[N+](=O)[O-])C1. The van der Waals surface area contributed by atoms with Gasteiger partial charge in [-0.3, -0.25) is 14.9 Å². The van der Waals surface area contributed by atoms with E-state index < -0.39 is 0 Å². The van der Waals surface area contributed by atoms with Crippen LogP contribution in [0.4, 0.5) is 11.4 Å². The van der Waals surface area contributed by atoms with Crippen LogP contribution in [0.15, 0.2) is 22.7 Å². The Bertz CT molecular complexity index is 604. The summed E-state index contributed by atoms with van der Waals surface area (Å²) in [5.41, 5.74) is 0.581. The molecule has 1 saturated carbocycles. The molecule has 1 aliphatic carbocycles. The Labute approximate surface area is 137 Å². The van der Waals surface area contributed by atoms with Gasteiger partial charge in [0.1, 0.15) is 5.69 Å². The van der Waals surface area contributed by atoms with Gasteiger partial charge in [0.2, 0.25) is 5.91 Å². The van der Waals surface area contributed by atoms with Crippen LogP contribution in [0.5, 0.6) is 0 Å². The van der Waals surface area contributed by atoms with E-state index in [9.17, 15) is 14.9 Å². The van der Waals surface area contributed by atoms with Gasteiger partial charge in [0.15, 0.2) is 0 Å². The van der Waals surface area contributed by atoms with Crippen LogP contribution < -0.4 is 5.32 Å². The first kappa shape index (κ1) is 15.3. The van der Waals surface area contributed by atoms with Crippen molar-refractivity contribution in [1.29, 1.82) is 0 Å². The zero-order chi connectivity index (χ0) is 15.7. The van der Waals surface area contributed by atoms with E-state index in [4.69, 9.17) is 0 Å². The van der Waals surface area contributed by atoms with Gasteiger partial charge in [-0.2, -0.15) is 0 Å². The number of anilines is 1. The van der Waals surface area contributed by atoms with Gasteiger partial charge in [-0.15, -0.1) is 0 Å². The summed E-state index contributed by atoms with van der Waals surface area (Å²) in [7, 11) is 0. The number of hydrogen-bond donors (Lipinski definition) is 1. The lowest BCUT2D eigenvalue weighted by Crippen LogP contribution is -2.30. The number of nitro groups is 1. The lowest BCUT2D eigenvalue weighted by Gasteiger charge is -2.17. The third-order valence-corrected chi connectivity index (χ3v) is 4.94. The molecule has 0 spiro atoms. The number of carbonyl (C=O) groups is 1. The summed E-state index contributed by atoms with van der Waals surface area (Å²) in [5.74, 6) is 0.889. The number of hydrogen-bond acceptors (Lipinski definition) is 4. The Morgan fingerprint density at radius 3 is 2.86 bits per heavy atom. The number of benzene rings is 1. The molecule has 1 amide bonds. The molecule has 1 saturated heterocycles. The minimum Gasteiger partial charge on any atom is -0.378 e. The maximum Gasteiger partial charge on any atom is 0.293 e. The highest BCUT2D eigenvalue weighted by Gasteiger charge is 2.36. The van der Waals surface area contributed by atoms with Crippen molar-refractivity contribution in [3.63, 3.8) is 0 Å². The summed E-state index contributed by atoms with van der Waals surface area (Å²) < 4.78 is 0.686. The van der Waals surface area contributed by atoms with Crippen molar-refractivity contribution >= 4 is 33.2 Å². The molecule has 0 unspecified atom stereocenters. The monoisotopic (exact) mass is 367 g/mol. The highest BCUT2D eigenvalue weighted by Crippen LogP contribution is 2.34.